The normalized spacial score (nSPS) is 16.3. The van der Waals surface area contributed by atoms with Crippen molar-refractivity contribution in [1.29, 1.82) is 0 Å². The van der Waals surface area contributed by atoms with E-state index < -0.39 is 0 Å². The number of imidazole rings is 1. The van der Waals surface area contributed by atoms with Crippen LogP contribution in [0.1, 0.15) is 11.4 Å². The maximum absolute atomic E-state index is 5.28. The zero-order valence-electron chi connectivity index (χ0n) is 15.8. The number of rotatable bonds is 6. The lowest BCUT2D eigenvalue weighted by molar-refractivity contribution is 0.135. The van der Waals surface area contributed by atoms with Gasteiger partial charge in [-0.15, -0.1) is 0 Å². The number of nitrogens with one attached hydrogen (secondary N) is 1. The van der Waals surface area contributed by atoms with Crippen LogP contribution in [0, 0.1) is 0 Å². The molecule has 4 rings (SSSR count). The molecule has 1 aliphatic rings. The highest BCUT2D eigenvalue weighted by Crippen LogP contribution is 2.19. The third kappa shape index (κ3) is 4.56. The fourth-order valence-electron chi connectivity index (χ4n) is 3.49. The molecule has 0 radical (unpaired) electrons. The standard InChI is InChI=1S/C22H26N4O/c1-27-19-9-10-20-21(16-19)24-22(23-20)17-26-14-12-25(13-15-26)11-5-8-18-6-3-2-4-7-18/h2-10,16H,11-15,17H2,1H3,(H,23,24)/b8-5+. The molecule has 1 saturated heterocycles. The van der Waals surface area contributed by atoms with Gasteiger partial charge in [0.05, 0.1) is 24.7 Å². The number of hydrogen-bond donors (Lipinski definition) is 1. The molecular formula is C22H26N4O. The Balaban J connectivity index is 1.27. The molecule has 1 aliphatic heterocycles. The quantitative estimate of drug-likeness (QED) is 0.730. The summed E-state index contributed by atoms with van der Waals surface area (Å²) in [6.07, 6.45) is 4.46. The van der Waals surface area contributed by atoms with Crippen molar-refractivity contribution >= 4 is 17.1 Å². The Morgan fingerprint density at radius 1 is 1.04 bits per heavy atom. The topological polar surface area (TPSA) is 44.4 Å². The molecule has 0 spiro atoms. The highest BCUT2D eigenvalue weighted by molar-refractivity contribution is 5.76. The van der Waals surface area contributed by atoms with Crippen molar-refractivity contribution in [2.75, 3.05) is 39.8 Å². The Labute approximate surface area is 160 Å². The Hall–Kier alpha value is -2.63. The first kappa shape index (κ1) is 17.8. The molecule has 27 heavy (non-hydrogen) atoms. The van der Waals surface area contributed by atoms with Crippen LogP contribution in [0.3, 0.4) is 0 Å². The number of ether oxygens (including phenoxy) is 1. The van der Waals surface area contributed by atoms with Crippen molar-refractivity contribution in [2.45, 2.75) is 6.54 Å². The summed E-state index contributed by atoms with van der Waals surface area (Å²) in [5.41, 5.74) is 3.29. The number of nitrogens with zero attached hydrogens (tertiary/aromatic N) is 3. The molecule has 0 unspecified atom stereocenters. The predicted octanol–water partition coefficient (Wildman–Crippen LogP) is 3.40. The van der Waals surface area contributed by atoms with Crippen molar-refractivity contribution < 1.29 is 4.74 Å². The van der Waals surface area contributed by atoms with Crippen molar-refractivity contribution in [3.63, 3.8) is 0 Å². The summed E-state index contributed by atoms with van der Waals surface area (Å²) < 4.78 is 5.28. The van der Waals surface area contributed by atoms with Gasteiger partial charge in [-0.05, 0) is 17.7 Å². The third-order valence-corrected chi connectivity index (χ3v) is 5.05. The molecule has 0 aliphatic carbocycles. The average Bonchev–Trinajstić information content (AvgIpc) is 3.11. The van der Waals surface area contributed by atoms with E-state index in [1.165, 1.54) is 5.56 Å². The Morgan fingerprint density at radius 2 is 1.81 bits per heavy atom. The van der Waals surface area contributed by atoms with E-state index in [4.69, 9.17) is 9.72 Å². The molecular weight excluding hydrogens is 336 g/mol. The minimum Gasteiger partial charge on any atom is -0.497 e. The average molecular weight is 362 g/mol. The molecule has 140 valence electrons. The second kappa shape index (κ2) is 8.37. The lowest BCUT2D eigenvalue weighted by Gasteiger charge is -2.33. The second-order valence-corrected chi connectivity index (χ2v) is 6.96. The maximum atomic E-state index is 5.28. The molecule has 3 aromatic rings. The molecule has 1 N–H and O–H groups in total. The van der Waals surface area contributed by atoms with Gasteiger partial charge in [0.2, 0.25) is 0 Å². The lowest BCUT2D eigenvalue weighted by Crippen LogP contribution is -2.45. The summed E-state index contributed by atoms with van der Waals surface area (Å²) in [5.74, 6) is 1.88. The zero-order chi connectivity index (χ0) is 18.5. The Kier molecular flexibility index (Phi) is 5.51. The molecule has 1 aromatic heterocycles. The monoisotopic (exact) mass is 362 g/mol. The molecule has 0 amide bonds. The van der Waals surface area contributed by atoms with Gasteiger partial charge in [-0.1, -0.05) is 42.5 Å². The number of aromatic amines is 1. The van der Waals surface area contributed by atoms with Gasteiger partial charge in [0, 0.05) is 38.8 Å². The summed E-state index contributed by atoms with van der Waals surface area (Å²) in [7, 11) is 1.69. The van der Waals surface area contributed by atoms with Crippen LogP contribution < -0.4 is 4.74 Å². The number of hydrogen-bond acceptors (Lipinski definition) is 4. The number of piperazine rings is 1. The van der Waals surface area contributed by atoms with Gasteiger partial charge in [0.1, 0.15) is 11.6 Å². The van der Waals surface area contributed by atoms with E-state index in [2.05, 4.69) is 57.3 Å². The molecule has 0 saturated carbocycles. The van der Waals surface area contributed by atoms with E-state index >= 15 is 0 Å². The summed E-state index contributed by atoms with van der Waals surface area (Å²) in [5, 5.41) is 0. The van der Waals surface area contributed by atoms with Crippen molar-refractivity contribution in [3.05, 3.63) is 66.0 Å². The SMILES string of the molecule is COc1ccc2nc(CN3CCN(C/C=C/c4ccccc4)CC3)[nH]c2c1. The number of H-pyrrole nitrogens is 1. The van der Waals surface area contributed by atoms with Crippen LogP contribution in [-0.4, -0.2) is 59.6 Å². The predicted molar refractivity (Wildman–Crippen MR) is 110 cm³/mol. The third-order valence-electron chi connectivity index (χ3n) is 5.05. The summed E-state index contributed by atoms with van der Waals surface area (Å²) in [4.78, 5) is 13.1. The summed E-state index contributed by atoms with van der Waals surface area (Å²) in [6.45, 7) is 6.19. The van der Waals surface area contributed by atoms with E-state index in [9.17, 15) is 0 Å². The summed E-state index contributed by atoms with van der Waals surface area (Å²) in [6, 6.07) is 16.4. The van der Waals surface area contributed by atoms with E-state index in [-0.39, 0.29) is 0 Å². The minimum atomic E-state index is 0.856. The highest BCUT2D eigenvalue weighted by Gasteiger charge is 2.17. The first-order valence-electron chi connectivity index (χ1n) is 9.49. The van der Waals surface area contributed by atoms with Crippen molar-refractivity contribution in [1.82, 2.24) is 19.8 Å². The second-order valence-electron chi connectivity index (χ2n) is 6.96. The maximum Gasteiger partial charge on any atom is 0.121 e. The van der Waals surface area contributed by atoms with Gasteiger partial charge < -0.3 is 9.72 Å². The van der Waals surface area contributed by atoms with Crippen molar-refractivity contribution in [2.24, 2.45) is 0 Å². The number of aromatic nitrogens is 2. The van der Waals surface area contributed by atoms with Crippen LogP contribution in [0.5, 0.6) is 5.75 Å². The molecule has 2 heterocycles. The van der Waals surface area contributed by atoms with Gasteiger partial charge >= 0.3 is 0 Å². The van der Waals surface area contributed by atoms with Gasteiger partial charge in [-0.3, -0.25) is 9.80 Å². The molecule has 2 aromatic carbocycles. The molecule has 0 atom stereocenters. The van der Waals surface area contributed by atoms with Gasteiger partial charge in [-0.25, -0.2) is 4.98 Å². The van der Waals surface area contributed by atoms with Gasteiger partial charge in [-0.2, -0.15) is 0 Å². The Morgan fingerprint density at radius 3 is 2.59 bits per heavy atom. The highest BCUT2D eigenvalue weighted by atomic mass is 16.5. The number of fused-ring (bicyclic) bond motifs is 1. The van der Waals surface area contributed by atoms with Crippen LogP contribution in [0.15, 0.2) is 54.6 Å². The van der Waals surface area contributed by atoms with E-state index in [0.717, 1.165) is 61.9 Å². The number of methoxy groups -OCH3 is 1. The van der Waals surface area contributed by atoms with Crippen LogP contribution in [0.2, 0.25) is 0 Å². The van der Waals surface area contributed by atoms with Gasteiger partial charge in [0.15, 0.2) is 0 Å². The van der Waals surface area contributed by atoms with Gasteiger partial charge in [0.25, 0.3) is 0 Å². The summed E-state index contributed by atoms with van der Waals surface area (Å²) >= 11 is 0. The largest absolute Gasteiger partial charge is 0.497 e. The van der Waals surface area contributed by atoms with E-state index in [0.29, 0.717) is 0 Å². The van der Waals surface area contributed by atoms with E-state index in [1.807, 2.05) is 18.2 Å². The fraction of sp³-hybridized carbons (Fsp3) is 0.318. The fourth-order valence-corrected chi connectivity index (χ4v) is 3.49. The zero-order valence-corrected chi connectivity index (χ0v) is 15.8. The van der Waals surface area contributed by atoms with Crippen molar-refractivity contribution in [3.8, 4) is 5.75 Å². The van der Waals surface area contributed by atoms with E-state index in [1.54, 1.807) is 7.11 Å². The molecule has 1 fully saturated rings. The number of benzene rings is 2. The minimum absolute atomic E-state index is 0.856. The first-order chi connectivity index (χ1) is 13.3. The Bertz CT molecular complexity index is 895. The van der Waals surface area contributed by atoms with Crippen LogP contribution in [0.25, 0.3) is 17.1 Å². The van der Waals surface area contributed by atoms with Crippen LogP contribution in [0.4, 0.5) is 0 Å². The molecule has 5 nitrogen and oxygen atoms in total. The molecule has 0 bridgehead atoms. The molecule has 5 heteroatoms. The van der Waals surface area contributed by atoms with Crippen LogP contribution in [-0.2, 0) is 6.54 Å². The smallest absolute Gasteiger partial charge is 0.121 e. The van der Waals surface area contributed by atoms with Crippen LogP contribution >= 0.6 is 0 Å². The lowest BCUT2D eigenvalue weighted by atomic mass is 10.2. The first-order valence-corrected chi connectivity index (χ1v) is 9.49.